The quantitative estimate of drug-likeness (QED) is 0.368. The molecule has 0 bridgehead atoms. The Morgan fingerprint density at radius 2 is 1.73 bits per heavy atom. The van der Waals surface area contributed by atoms with E-state index < -0.39 is 62.6 Å². The molecular formula is C23H28F4N4O7S2. The van der Waals surface area contributed by atoms with Crippen LogP contribution >= 0.6 is 0 Å². The maximum Gasteiger partial charge on any atom is 0.427 e. The Bertz CT molecular complexity index is 1450. The minimum absolute atomic E-state index is 0.0347. The van der Waals surface area contributed by atoms with Crippen molar-refractivity contribution in [3.05, 3.63) is 48.3 Å². The van der Waals surface area contributed by atoms with Gasteiger partial charge in [-0.25, -0.2) is 17.6 Å². The third kappa shape index (κ3) is 7.52. The maximum absolute atomic E-state index is 13.5. The number of sulfonamides is 1. The fourth-order valence-electron chi connectivity index (χ4n) is 3.45. The molecule has 0 aliphatic carbocycles. The molecule has 0 spiro atoms. The first-order valence-electron chi connectivity index (χ1n) is 11.7. The second-order valence-electron chi connectivity index (χ2n) is 9.56. The van der Waals surface area contributed by atoms with Crippen molar-refractivity contribution in [2.75, 3.05) is 22.7 Å². The van der Waals surface area contributed by atoms with Crippen molar-refractivity contribution in [1.29, 1.82) is 0 Å². The smallest absolute Gasteiger partial charge is 0.427 e. The summed E-state index contributed by atoms with van der Waals surface area (Å²) in [6.07, 6.45) is -7.32. The molecule has 0 aromatic heterocycles. The lowest BCUT2D eigenvalue weighted by Gasteiger charge is -2.36. The van der Waals surface area contributed by atoms with Gasteiger partial charge >= 0.3 is 12.3 Å². The number of nitrogens with zero attached hydrogens (tertiary/aromatic N) is 1. The Morgan fingerprint density at radius 1 is 1.10 bits per heavy atom. The summed E-state index contributed by atoms with van der Waals surface area (Å²) >= 11 is 0. The summed E-state index contributed by atoms with van der Waals surface area (Å²) in [7, 11) is -8.33. The predicted octanol–water partition coefficient (Wildman–Crippen LogP) is 3.50. The van der Waals surface area contributed by atoms with Gasteiger partial charge in [0.05, 0.1) is 23.7 Å². The van der Waals surface area contributed by atoms with Crippen LogP contribution in [0.1, 0.15) is 27.7 Å². The van der Waals surface area contributed by atoms with Gasteiger partial charge in [0, 0.05) is 11.7 Å². The third-order valence-electron chi connectivity index (χ3n) is 5.46. The number of carbonyl (C=O) groups is 1. The largest absolute Gasteiger partial charge is 0.485 e. The topological polar surface area (TPSA) is 143 Å². The third-order valence-corrected chi connectivity index (χ3v) is 8.58. The van der Waals surface area contributed by atoms with Crippen LogP contribution in [0.25, 0.3) is 0 Å². The molecule has 0 saturated carbocycles. The molecule has 0 fully saturated rings. The molecule has 1 heterocycles. The van der Waals surface area contributed by atoms with Crippen molar-refractivity contribution in [3.63, 3.8) is 0 Å². The average molecular weight is 613 g/mol. The van der Waals surface area contributed by atoms with Gasteiger partial charge in [0.2, 0.25) is 5.60 Å². The highest BCUT2D eigenvalue weighted by atomic mass is 32.2. The number of nitrogens with one attached hydrogen (secondary N) is 3. The standard InChI is InChI=1S/C23H28F4N4O7S2/c1-14(2)30-40(35,36)28-12-17-13-31(39(33,34)18-8-5-15(24)6-9-18)19-11-16(7-10-20(19)37-17)29-21(32)38-22(3,4)23(25,26)27/h5-11,14,17,28,30H,12-13H2,1-4H3,(H,29,32)/t17-/m0/s1. The SMILES string of the molecule is CC(C)NS(=O)(=O)NC[C@H]1CN(S(=O)(=O)c2ccc(F)cc2)c2cc(NC(=O)OC(C)(C)C(F)(F)F)ccc2O1. The van der Waals surface area contributed by atoms with Gasteiger partial charge in [-0.05, 0) is 70.2 Å². The van der Waals surface area contributed by atoms with Crippen LogP contribution in [0.2, 0.25) is 0 Å². The highest BCUT2D eigenvalue weighted by Crippen LogP contribution is 2.39. The Hall–Kier alpha value is -3.15. The van der Waals surface area contributed by atoms with Crippen LogP contribution in [0.4, 0.5) is 33.7 Å². The number of alkyl halides is 3. The second kappa shape index (κ2) is 11.4. The summed E-state index contributed by atoms with van der Waals surface area (Å²) < 4.78 is 120. The number of benzene rings is 2. The van der Waals surface area contributed by atoms with Crippen molar-refractivity contribution < 1.29 is 48.7 Å². The fourth-order valence-corrected chi connectivity index (χ4v) is 6.05. The number of carbonyl (C=O) groups excluding carboxylic acids is 1. The molecule has 40 heavy (non-hydrogen) atoms. The molecule has 0 unspecified atom stereocenters. The monoisotopic (exact) mass is 612 g/mol. The highest BCUT2D eigenvalue weighted by molar-refractivity contribution is 7.92. The van der Waals surface area contributed by atoms with E-state index in [1.54, 1.807) is 13.8 Å². The van der Waals surface area contributed by atoms with E-state index in [-0.39, 0.29) is 28.6 Å². The summed E-state index contributed by atoms with van der Waals surface area (Å²) in [5.74, 6) is -0.717. The van der Waals surface area contributed by atoms with Crippen molar-refractivity contribution in [3.8, 4) is 5.75 Å². The van der Waals surface area contributed by atoms with Crippen molar-refractivity contribution in [2.45, 2.75) is 56.5 Å². The first kappa shape index (κ1) is 31.4. The number of ether oxygens (including phenoxy) is 2. The van der Waals surface area contributed by atoms with Crippen LogP contribution in [0.5, 0.6) is 5.75 Å². The van der Waals surface area contributed by atoms with Gasteiger partial charge in [-0.15, -0.1) is 0 Å². The Kier molecular flexibility index (Phi) is 8.93. The van der Waals surface area contributed by atoms with Crippen molar-refractivity contribution >= 4 is 37.7 Å². The van der Waals surface area contributed by atoms with Gasteiger partial charge in [-0.1, -0.05) is 0 Å². The van der Waals surface area contributed by atoms with Gasteiger partial charge in [0.25, 0.3) is 20.2 Å². The number of anilines is 2. The zero-order valence-electron chi connectivity index (χ0n) is 21.7. The molecule has 2 aromatic rings. The molecule has 0 radical (unpaired) electrons. The lowest BCUT2D eigenvalue weighted by atomic mass is 10.1. The summed E-state index contributed by atoms with van der Waals surface area (Å²) in [6.45, 7) is 3.79. The van der Waals surface area contributed by atoms with E-state index in [2.05, 4.69) is 19.5 Å². The van der Waals surface area contributed by atoms with Crippen LogP contribution in [-0.4, -0.2) is 59.9 Å². The Morgan fingerprint density at radius 3 is 2.30 bits per heavy atom. The molecule has 0 saturated heterocycles. The van der Waals surface area contributed by atoms with Gasteiger partial charge < -0.3 is 9.47 Å². The van der Waals surface area contributed by atoms with Crippen LogP contribution in [0.3, 0.4) is 0 Å². The number of amides is 1. The van der Waals surface area contributed by atoms with Crippen LogP contribution in [-0.2, 0) is 25.0 Å². The number of rotatable bonds is 9. The van der Waals surface area contributed by atoms with Crippen LogP contribution in [0, 0.1) is 5.82 Å². The maximum atomic E-state index is 13.5. The van der Waals surface area contributed by atoms with E-state index >= 15 is 0 Å². The lowest BCUT2D eigenvalue weighted by Crippen LogP contribution is -2.50. The molecule has 222 valence electrons. The van der Waals surface area contributed by atoms with E-state index in [1.165, 1.54) is 12.1 Å². The van der Waals surface area contributed by atoms with E-state index in [4.69, 9.17) is 4.74 Å². The summed E-state index contributed by atoms with van der Waals surface area (Å²) in [6, 6.07) is 7.14. The minimum Gasteiger partial charge on any atom is -0.485 e. The molecular weight excluding hydrogens is 584 g/mol. The summed E-state index contributed by atoms with van der Waals surface area (Å²) in [4.78, 5) is 11.9. The Labute approximate surface area is 229 Å². The van der Waals surface area contributed by atoms with Crippen molar-refractivity contribution in [1.82, 2.24) is 9.44 Å². The summed E-state index contributed by atoms with van der Waals surface area (Å²) in [5, 5.41) is 2.13. The van der Waals surface area contributed by atoms with Gasteiger partial charge in [0.1, 0.15) is 17.7 Å². The number of halogens is 4. The normalized spacial score (nSPS) is 16.3. The van der Waals surface area contributed by atoms with Gasteiger partial charge in [-0.3, -0.25) is 9.62 Å². The molecule has 1 aliphatic heterocycles. The van der Waals surface area contributed by atoms with E-state index in [0.29, 0.717) is 13.8 Å². The Balaban J connectivity index is 1.94. The molecule has 1 aliphatic rings. The predicted molar refractivity (Wildman–Crippen MR) is 137 cm³/mol. The number of fused-ring (bicyclic) bond motifs is 1. The molecule has 1 atom stereocenters. The van der Waals surface area contributed by atoms with E-state index in [9.17, 15) is 39.2 Å². The molecule has 3 rings (SSSR count). The van der Waals surface area contributed by atoms with Crippen molar-refractivity contribution in [2.24, 2.45) is 0 Å². The first-order chi connectivity index (χ1) is 18.3. The molecule has 2 aromatic carbocycles. The highest BCUT2D eigenvalue weighted by Gasteiger charge is 2.51. The van der Waals surface area contributed by atoms with Crippen LogP contribution in [0.15, 0.2) is 47.4 Å². The minimum atomic E-state index is -4.85. The fraction of sp³-hybridized carbons (Fsp3) is 0.435. The van der Waals surface area contributed by atoms with E-state index in [1.807, 2.05) is 0 Å². The first-order valence-corrected chi connectivity index (χ1v) is 14.7. The van der Waals surface area contributed by atoms with Gasteiger partial charge in [-0.2, -0.15) is 31.0 Å². The molecule has 17 heteroatoms. The van der Waals surface area contributed by atoms with E-state index in [0.717, 1.165) is 34.6 Å². The lowest BCUT2D eigenvalue weighted by molar-refractivity contribution is -0.242. The van der Waals surface area contributed by atoms with Crippen LogP contribution < -0.4 is 23.8 Å². The molecule has 3 N–H and O–H groups in total. The van der Waals surface area contributed by atoms with Gasteiger partial charge in [0.15, 0.2) is 0 Å². The molecule has 1 amide bonds. The molecule has 11 nitrogen and oxygen atoms in total. The number of hydrogen-bond donors (Lipinski definition) is 3. The average Bonchev–Trinajstić information content (AvgIpc) is 2.80. The number of hydrogen-bond acceptors (Lipinski definition) is 7. The zero-order valence-corrected chi connectivity index (χ0v) is 23.4. The second-order valence-corrected chi connectivity index (χ2v) is 13.0. The zero-order chi connectivity index (χ0) is 30.1. The summed E-state index contributed by atoms with van der Waals surface area (Å²) in [5.41, 5.74) is -3.04.